The maximum absolute atomic E-state index is 15.0. The zero-order chi connectivity index (χ0) is 24.8. The summed E-state index contributed by atoms with van der Waals surface area (Å²) in [6.45, 7) is 7.59. The smallest absolute Gasteiger partial charge is 0.294 e. The number of aryl methyl sites for hydroxylation is 1. The number of hydrogen-bond donors (Lipinski definition) is 1. The summed E-state index contributed by atoms with van der Waals surface area (Å²) in [5, 5.41) is 2.11. The highest BCUT2D eigenvalue weighted by atomic mass is 32.2. The maximum atomic E-state index is 15.0. The topological polar surface area (TPSA) is 69.7 Å². The van der Waals surface area contributed by atoms with Crippen molar-refractivity contribution in [3.8, 4) is 0 Å². The summed E-state index contributed by atoms with van der Waals surface area (Å²) < 4.78 is 15.0. The molecule has 0 saturated carbocycles. The van der Waals surface area contributed by atoms with Gasteiger partial charge in [-0.15, -0.1) is 0 Å². The Morgan fingerprint density at radius 2 is 1.82 bits per heavy atom. The highest BCUT2D eigenvalue weighted by molar-refractivity contribution is 8.18. The molecule has 0 atom stereocenters. The third-order valence-electron chi connectivity index (χ3n) is 6.13. The Balaban J connectivity index is 1.55. The van der Waals surface area contributed by atoms with Crippen molar-refractivity contribution < 1.29 is 18.8 Å². The van der Waals surface area contributed by atoms with E-state index in [1.165, 1.54) is 12.1 Å². The molecule has 2 aromatic rings. The molecule has 1 fully saturated rings. The van der Waals surface area contributed by atoms with E-state index in [1.807, 2.05) is 37.9 Å². The number of hydrogen-bond acceptors (Lipinski definition) is 5. The van der Waals surface area contributed by atoms with E-state index in [0.717, 1.165) is 27.3 Å². The van der Waals surface area contributed by atoms with E-state index in [4.69, 9.17) is 0 Å². The summed E-state index contributed by atoms with van der Waals surface area (Å²) in [5.41, 5.74) is 4.22. The minimum absolute atomic E-state index is 0.0816. The van der Waals surface area contributed by atoms with Crippen molar-refractivity contribution in [2.75, 3.05) is 23.8 Å². The van der Waals surface area contributed by atoms with Gasteiger partial charge in [0.2, 0.25) is 5.91 Å². The molecule has 2 heterocycles. The standard InChI is InChI=1S/C26H26FN3O3S/c1-15-6-8-18(9-7-15)28-23(31)14-30-24(32)22(34-25(30)33)11-17-10-19-16(2)13-26(3,4)29(5)21(19)12-20(17)27/h6-13H,14H2,1-5H3,(H,28,31)/b22-11+. The van der Waals surface area contributed by atoms with Gasteiger partial charge in [-0.25, -0.2) is 4.39 Å². The van der Waals surface area contributed by atoms with Crippen molar-refractivity contribution in [2.45, 2.75) is 33.2 Å². The van der Waals surface area contributed by atoms with Crippen molar-refractivity contribution in [1.29, 1.82) is 0 Å². The number of fused-ring (bicyclic) bond motifs is 1. The lowest BCUT2D eigenvalue weighted by Crippen LogP contribution is -2.42. The molecule has 0 bridgehead atoms. The summed E-state index contributed by atoms with van der Waals surface area (Å²) in [4.78, 5) is 40.6. The summed E-state index contributed by atoms with van der Waals surface area (Å²) in [5.74, 6) is -1.59. The van der Waals surface area contributed by atoms with E-state index in [1.54, 1.807) is 18.2 Å². The molecular weight excluding hydrogens is 453 g/mol. The molecule has 6 nitrogen and oxygen atoms in total. The zero-order valence-corrected chi connectivity index (χ0v) is 20.5. The van der Waals surface area contributed by atoms with E-state index in [-0.39, 0.29) is 16.0 Å². The predicted octanol–water partition coefficient (Wildman–Crippen LogP) is 5.44. The lowest BCUT2D eigenvalue weighted by atomic mass is 9.88. The Bertz CT molecular complexity index is 1260. The lowest BCUT2D eigenvalue weighted by molar-refractivity contribution is -0.127. The van der Waals surface area contributed by atoms with Crippen LogP contribution in [0.2, 0.25) is 0 Å². The Kier molecular flexibility index (Phi) is 6.12. The van der Waals surface area contributed by atoms with Crippen molar-refractivity contribution >= 4 is 51.8 Å². The third-order valence-corrected chi connectivity index (χ3v) is 7.04. The first-order chi connectivity index (χ1) is 16.0. The summed E-state index contributed by atoms with van der Waals surface area (Å²) >= 11 is 0.701. The second-order valence-corrected chi connectivity index (χ2v) is 10.1. The number of allylic oxidation sites excluding steroid dienone is 1. The van der Waals surface area contributed by atoms with Gasteiger partial charge in [0.05, 0.1) is 10.4 Å². The van der Waals surface area contributed by atoms with Crippen LogP contribution in [0.15, 0.2) is 47.4 Å². The van der Waals surface area contributed by atoms with Crippen molar-refractivity contribution in [3.63, 3.8) is 0 Å². The molecule has 4 rings (SSSR count). The highest BCUT2D eigenvalue weighted by Gasteiger charge is 2.37. The normalized spacial score (nSPS) is 18.3. The van der Waals surface area contributed by atoms with Gasteiger partial charge in [0.1, 0.15) is 12.4 Å². The Hall–Kier alpha value is -3.39. The molecule has 2 aliphatic heterocycles. The fraction of sp³-hybridized carbons (Fsp3) is 0.269. The van der Waals surface area contributed by atoms with Crippen LogP contribution >= 0.6 is 11.8 Å². The molecule has 0 spiro atoms. The van der Waals surface area contributed by atoms with E-state index in [2.05, 4.69) is 25.2 Å². The van der Waals surface area contributed by atoms with Crippen LogP contribution < -0.4 is 10.2 Å². The Labute approximate surface area is 202 Å². The molecule has 0 unspecified atom stereocenters. The number of halogens is 1. The number of likely N-dealkylation sites (N-methyl/N-ethyl adjacent to an activating group) is 1. The average molecular weight is 480 g/mol. The fourth-order valence-corrected chi connectivity index (χ4v) is 4.89. The molecule has 8 heteroatoms. The summed E-state index contributed by atoms with van der Waals surface area (Å²) in [7, 11) is 1.91. The number of anilines is 2. The molecule has 0 aromatic heterocycles. The van der Waals surface area contributed by atoms with Crippen LogP contribution in [0.25, 0.3) is 11.6 Å². The number of imide groups is 1. The van der Waals surface area contributed by atoms with Gasteiger partial charge in [-0.05, 0) is 75.4 Å². The van der Waals surface area contributed by atoms with Gasteiger partial charge in [-0.3, -0.25) is 19.3 Å². The highest BCUT2D eigenvalue weighted by Crippen LogP contribution is 2.40. The van der Waals surface area contributed by atoms with Crippen molar-refractivity contribution in [1.82, 2.24) is 4.90 Å². The minimum atomic E-state index is -0.614. The van der Waals surface area contributed by atoms with Gasteiger partial charge < -0.3 is 10.2 Å². The van der Waals surface area contributed by atoms with E-state index < -0.39 is 29.4 Å². The van der Waals surface area contributed by atoms with Gasteiger partial charge in [-0.1, -0.05) is 23.8 Å². The van der Waals surface area contributed by atoms with Crippen LogP contribution in [-0.4, -0.2) is 41.1 Å². The van der Waals surface area contributed by atoms with Gasteiger partial charge in [0.25, 0.3) is 11.1 Å². The Morgan fingerprint density at radius 1 is 1.15 bits per heavy atom. The van der Waals surface area contributed by atoms with Crippen molar-refractivity contribution in [2.24, 2.45) is 0 Å². The minimum Gasteiger partial charge on any atom is -0.365 e. The zero-order valence-electron chi connectivity index (χ0n) is 19.7. The predicted molar refractivity (Wildman–Crippen MR) is 135 cm³/mol. The number of benzene rings is 2. The number of nitrogens with one attached hydrogen (secondary N) is 1. The number of nitrogens with zero attached hydrogens (tertiary/aromatic N) is 2. The summed E-state index contributed by atoms with van der Waals surface area (Å²) in [6.07, 6.45) is 3.49. The molecule has 3 amide bonds. The molecule has 1 N–H and O–H groups in total. The van der Waals surface area contributed by atoms with Gasteiger partial charge in [0, 0.05) is 29.5 Å². The number of thioether (sulfide) groups is 1. The molecule has 34 heavy (non-hydrogen) atoms. The maximum Gasteiger partial charge on any atom is 0.294 e. The van der Waals surface area contributed by atoms with Crippen LogP contribution in [0.3, 0.4) is 0 Å². The molecule has 176 valence electrons. The molecule has 2 aliphatic rings. The first kappa shape index (κ1) is 23.8. The van der Waals surface area contributed by atoms with E-state index in [9.17, 15) is 14.4 Å². The quantitative estimate of drug-likeness (QED) is 0.592. The van der Waals surface area contributed by atoms with Crippen LogP contribution in [0.4, 0.5) is 20.6 Å². The van der Waals surface area contributed by atoms with Gasteiger partial charge in [0.15, 0.2) is 0 Å². The molecule has 2 aromatic carbocycles. The SMILES string of the molecule is CC1=CC(C)(C)N(C)c2cc(F)c(/C=C3/SC(=O)N(CC(=O)Nc4ccc(C)cc4)C3=O)cc21. The first-order valence-corrected chi connectivity index (χ1v) is 11.7. The summed E-state index contributed by atoms with van der Waals surface area (Å²) in [6, 6.07) is 10.3. The fourth-order valence-electron chi connectivity index (χ4n) is 4.06. The largest absolute Gasteiger partial charge is 0.365 e. The van der Waals surface area contributed by atoms with E-state index in [0.29, 0.717) is 17.4 Å². The van der Waals surface area contributed by atoms with Crippen LogP contribution in [-0.2, 0) is 9.59 Å². The van der Waals surface area contributed by atoms with Gasteiger partial charge >= 0.3 is 0 Å². The number of carbonyl (C=O) groups is 3. The number of carbonyl (C=O) groups excluding carboxylic acids is 3. The Morgan fingerprint density at radius 3 is 2.50 bits per heavy atom. The second-order valence-electron chi connectivity index (χ2n) is 9.11. The first-order valence-electron chi connectivity index (χ1n) is 10.9. The average Bonchev–Trinajstić information content (AvgIpc) is 3.02. The lowest BCUT2D eigenvalue weighted by Gasteiger charge is -2.40. The molecule has 0 aliphatic carbocycles. The second kappa shape index (κ2) is 8.76. The molecule has 1 saturated heterocycles. The van der Waals surface area contributed by atoms with Crippen molar-refractivity contribution in [3.05, 3.63) is 69.9 Å². The van der Waals surface area contributed by atoms with Gasteiger partial charge in [-0.2, -0.15) is 0 Å². The number of rotatable bonds is 4. The molecular formula is C26H26FN3O3S. The molecule has 0 radical (unpaired) electrons. The van der Waals surface area contributed by atoms with Crippen LogP contribution in [0, 0.1) is 12.7 Å². The van der Waals surface area contributed by atoms with E-state index >= 15 is 4.39 Å². The monoisotopic (exact) mass is 479 g/mol. The van der Waals surface area contributed by atoms with Crippen LogP contribution in [0.1, 0.15) is 37.5 Å². The third kappa shape index (κ3) is 4.50. The number of amides is 3. The van der Waals surface area contributed by atoms with Crippen LogP contribution in [0.5, 0.6) is 0 Å².